The molecule has 4 nitrogen and oxygen atoms in total. The quantitative estimate of drug-likeness (QED) is 0.349. The van der Waals surface area contributed by atoms with Gasteiger partial charge in [0.1, 0.15) is 11.4 Å². The van der Waals surface area contributed by atoms with Crippen LogP contribution < -0.4 is 0 Å². The highest BCUT2D eigenvalue weighted by molar-refractivity contribution is 7.98. The summed E-state index contributed by atoms with van der Waals surface area (Å²) in [7, 11) is 0. The first-order valence-electron chi connectivity index (χ1n) is 6.08. The van der Waals surface area contributed by atoms with E-state index in [1.807, 2.05) is 0 Å². The molecule has 0 spiro atoms. The van der Waals surface area contributed by atoms with E-state index in [0.717, 1.165) is 18.3 Å². The van der Waals surface area contributed by atoms with Gasteiger partial charge in [0.2, 0.25) is 0 Å². The molecule has 0 aliphatic carbocycles. The fourth-order valence-electron chi connectivity index (χ4n) is 2.05. The molecule has 0 radical (unpaired) electrons. The van der Waals surface area contributed by atoms with Crippen LogP contribution in [0.1, 0.15) is 17.0 Å². The third kappa shape index (κ3) is 3.44. The Morgan fingerprint density at radius 1 is 1.30 bits per heavy atom. The fraction of sp³-hybridized carbons (Fsp3) is 0.231. The average molecular weight is 384 g/mol. The van der Waals surface area contributed by atoms with Crippen LogP contribution in [0, 0.1) is 6.92 Å². The van der Waals surface area contributed by atoms with Gasteiger partial charge in [-0.2, -0.15) is 18.3 Å². The van der Waals surface area contributed by atoms with Gasteiger partial charge in [-0.3, -0.25) is 0 Å². The second-order valence-corrected chi connectivity index (χ2v) is 6.08. The summed E-state index contributed by atoms with van der Waals surface area (Å²) in [6.07, 6.45) is -1.63. The Kier molecular flexibility index (Phi) is 5.17. The molecule has 0 aliphatic heterocycles. The molecule has 0 atom stereocenters. The Morgan fingerprint density at radius 3 is 2.30 bits per heavy atom. The predicted molar refractivity (Wildman–Crippen MR) is 84.5 cm³/mol. The molecule has 10 heteroatoms. The molecule has 0 fully saturated rings. The number of aromatic nitrogens is 2. The molecular formula is C13H10Cl2F3N3OS. The number of halogens is 5. The van der Waals surface area contributed by atoms with Gasteiger partial charge < -0.3 is 5.21 Å². The predicted octanol–water partition coefficient (Wildman–Crippen LogP) is 5.04. The summed E-state index contributed by atoms with van der Waals surface area (Å²) in [6, 6.07) is 1.59. The molecule has 2 aromatic rings. The normalized spacial score (nSPS) is 12.3. The average Bonchev–Trinajstić information content (AvgIpc) is 2.74. The zero-order chi connectivity index (χ0) is 17.4. The highest BCUT2D eigenvalue weighted by Gasteiger charge is 2.32. The molecule has 0 amide bonds. The van der Waals surface area contributed by atoms with Crippen LogP contribution in [-0.2, 0) is 6.18 Å². The summed E-state index contributed by atoms with van der Waals surface area (Å²) >= 11 is 13.3. The third-order valence-corrected chi connectivity index (χ3v) is 4.52. The van der Waals surface area contributed by atoms with Crippen LogP contribution in [-0.4, -0.2) is 27.5 Å². The number of hydrogen-bond donors (Lipinski definition) is 1. The number of benzene rings is 1. The van der Waals surface area contributed by atoms with E-state index in [4.69, 9.17) is 28.4 Å². The number of rotatable bonds is 3. The molecule has 0 aliphatic rings. The first-order valence-corrected chi connectivity index (χ1v) is 8.06. The Balaban J connectivity index is 2.68. The topological polar surface area (TPSA) is 50.4 Å². The Labute approximate surface area is 143 Å². The Morgan fingerprint density at radius 2 is 1.87 bits per heavy atom. The molecule has 23 heavy (non-hydrogen) atoms. The molecule has 1 heterocycles. The van der Waals surface area contributed by atoms with E-state index >= 15 is 0 Å². The smallest absolute Gasteiger partial charge is 0.411 e. The van der Waals surface area contributed by atoms with Crippen LogP contribution in [0.3, 0.4) is 0 Å². The Bertz CT molecular complexity index is 752. The largest absolute Gasteiger partial charge is 0.416 e. The third-order valence-electron chi connectivity index (χ3n) is 3.03. The maximum atomic E-state index is 12.8. The zero-order valence-electron chi connectivity index (χ0n) is 11.8. The summed E-state index contributed by atoms with van der Waals surface area (Å²) in [5.41, 5.74) is 0.149. The fourth-order valence-corrected chi connectivity index (χ4v) is 3.38. The van der Waals surface area contributed by atoms with Gasteiger partial charge in [-0.05, 0) is 25.3 Å². The number of alkyl halides is 3. The number of hydrogen-bond acceptors (Lipinski definition) is 4. The summed E-state index contributed by atoms with van der Waals surface area (Å²) in [5, 5.41) is 15.4. The van der Waals surface area contributed by atoms with Crippen molar-refractivity contribution < 1.29 is 18.4 Å². The van der Waals surface area contributed by atoms with Crippen molar-refractivity contribution in [2.45, 2.75) is 18.0 Å². The zero-order valence-corrected chi connectivity index (χ0v) is 14.1. The highest BCUT2D eigenvalue weighted by Crippen LogP contribution is 2.38. The van der Waals surface area contributed by atoms with Gasteiger partial charge in [0, 0.05) is 0 Å². The molecule has 2 rings (SSSR count). The van der Waals surface area contributed by atoms with Crippen molar-refractivity contribution in [3.63, 3.8) is 0 Å². The lowest BCUT2D eigenvalue weighted by molar-refractivity contribution is -0.137. The van der Waals surface area contributed by atoms with Crippen LogP contribution in [0.25, 0.3) is 5.69 Å². The minimum absolute atomic E-state index is 0.131. The van der Waals surface area contributed by atoms with Crippen molar-refractivity contribution in [3.05, 3.63) is 39.1 Å². The van der Waals surface area contributed by atoms with Gasteiger partial charge in [0.25, 0.3) is 0 Å². The van der Waals surface area contributed by atoms with Crippen LogP contribution in [0.5, 0.6) is 0 Å². The second kappa shape index (κ2) is 6.62. The van der Waals surface area contributed by atoms with E-state index in [2.05, 4.69) is 10.3 Å². The van der Waals surface area contributed by atoms with Gasteiger partial charge in [-0.25, -0.2) is 4.68 Å². The van der Waals surface area contributed by atoms with Gasteiger partial charge in [-0.15, -0.1) is 11.8 Å². The van der Waals surface area contributed by atoms with Crippen LogP contribution >= 0.6 is 35.0 Å². The number of oxime groups is 1. The van der Waals surface area contributed by atoms with Crippen molar-refractivity contribution in [2.24, 2.45) is 5.16 Å². The molecule has 0 saturated carbocycles. The highest BCUT2D eigenvalue weighted by atomic mass is 35.5. The monoisotopic (exact) mass is 383 g/mol. The lowest BCUT2D eigenvalue weighted by Gasteiger charge is -2.13. The molecule has 1 aromatic carbocycles. The van der Waals surface area contributed by atoms with E-state index in [1.165, 1.54) is 16.4 Å². The van der Waals surface area contributed by atoms with Crippen molar-refractivity contribution in [1.29, 1.82) is 0 Å². The van der Waals surface area contributed by atoms with Crippen LogP contribution in [0.15, 0.2) is 22.2 Å². The standard InChI is InChI=1S/C13H10Cl2F3N3OS/c1-6-12(23-2)10(5-19-22)20-21(6)11-8(14)3-7(4-9(11)15)13(16,17)18/h3-5,22H,1-2H3/b19-5+. The van der Waals surface area contributed by atoms with Crippen molar-refractivity contribution in [3.8, 4) is 5.69 Å². The molecule has 124 valence electrons. The Hall–Kier alpha value is -1.38. The molecule has 1 N–H and O–H groups in total. The van der Waals surface area contributed by atoms with Gasteiger partial charge in [-0.1, -0.05) is 28.4 Å². The molecule has 0 bridgehead atoms. The van der Waals surface area contributed by atoms with Crippen molar-refractivity contribution in [2.75, 3.05) is 6.26 Å². The van der Waals surface area contributed by atoms with Crippen molar-refractivity contribution >= 4 is 41.2 Å². The first kappa shape index (κ1) is 18.0. The minimum Gasteiger partial charge on any atom is -0.411 e. The minimum atomic E-state index is -4.55. The summed E-state index contributed by atoms with van der Waals surface area (Å²) in [6.45, 7) is 1.71. The number of nitrogens with zero attached hydrogens (tertiary/aromatic N) is 3. The summed E-state index contributed by atoms with van der Waals surface area (Å²) < 4.78 is 39.7. The molecule has 0 saturated heterocycles. The first-order chi connectivity index (χ1) is 10.7. The van der Waals surface area contributed by atoms with Gasteiger partial charge >= 0.3 is 6.18 Å². The van der Waals surface area contributed by atoms with Gasteiger partial charge in [0.15, 0.2) is 0 Å². The lowest BCUT2D eigenvalue weighted by Crippen LogP contribution is -2.08. The summed E-state index contributed by atoms with van der Waals surface area (Å²) in [4.78, 5) is 0.690. The van der Waals surface area contributed by atoms with Gasteiger partial charge in [0.05, 0.1) is 32.4 Å². The van der Waals surface area contributed by atoms with Crippen molar-refractivity contribution in [1.82, 2.24) is 9.78 Å². The van der Waals surface area contributed by atoms with E-state index in [0.29, 0.717) is 16.3 Å². The van der Waals surface area contributed by atoms with Crippen LogP contribution in [0.4, 0.5) is 13.2 Å². The maximum absolute atomic E-state index is 12.8. The van der Waals surface area contributed by atoms with E-state index in [1.54, 1.807) is 13.2 Å². The van der Waals surface area contributed by atoms with E-state index < -0.39 is 11.7 Å². The SMILES string of the molecule is CSc1c(/C=N/O)nn(-c2c(Cl)cc(C(F)(F)F)cc2Cl)c1C. The summed E-state index contributed by atoms with van der Waals surface area (Å²) in [5.74, 6) is 0. The molecule has 0 unspecified atom stereocenters. The molecule has 1 aromatic heterocycles. The van der Waals surface area contributed by atoms with E-state index in [9.17, 15) is 13.2 Å². The van der Waals surface area contributed by atoms with Crippen LogP contribution in [0.2, 0.25) is 10.0 Å². The van der Waals surface area contributed by atoms with E-state index in [-0.39, 0.29) is 15.7 Å². The maximum Gasteiger partial charge on any atom is 0.416 e. The second-order valence-electron chi connectivity index (χ2n) is 4.45. The lowest BCUT2D eigenvalue weighted by atomic mass is 10.2. The molecular weight excluding hydrogens is 374 g/mol. The number of thioether (sulfide) groups is 1.